The van der Waals surface area contributed by atoms with Crippen LogP contribution in [0.25, 0.3) is 0 Å². The Hall–Kier alpha value is -3.70. The second-order valence-electron chi connectivity index (χ2n) is 7.31. The molecule has 2 fully saturated rings. The predicted octanol–water partition coefficient (Wildman–Crippen LogP) is 0.150. The van der Waals surface area contributed by atoms with Crippen LogP contribution in [-0.2, 0) is 20.7 Å². The average molecular weight is 417 g/mol. The van der Waals surface area contributed by atoms with Gasteiger partial charge in [-0.15, -0.1) is 0 Å². The quantitative estimate of drug-likeness (QED) is 0.392. The molecule has 1 spiro atoms. The minimum absolute atomic E-state index is 0.0181. The van der Waals surface area contributed by atoms with Crippen molar-refractivity contribution in [1.82, 2.24) is 15.5 Å². The highest BCUT2D eigenvalue weighted by Crippen LogP contribution is 2.45. The summed E-state index contributed by atoms with van der Waals surface area (Å²) in [6.45, 7) is 2.43. The number of fused-ring (bicyclic) bond motifs is 4. The zero-order chi connectivity index (χ0) is 21.6. The molecular weight excluding hydrogens is 398 g/mol. The Balaban J connectivity index is 1.81. The lowest BCUT2D eigenvalue weighted by Gasteiger charge is -2.53. The van der Waals surface area contributed by atoms with Crippen LogP contribution >= 0.6 is 0 Å². The summed E-state index contributed by atoms with van der Waals surface area (Å²) in [5.41, 5.74) is -0.802. The van der Waals surface area contributed by atoms with E-state index in [0.29, 0.717) is 11.3 Å². The molecule has 0 aliphatic carbocycles. The van der Waals surface area contributed by atoms with E-state index in [1.807, 2.05) is 0 Å². The summed E-state index contributed by atoms with van der Waals surface area (Å²) in [6, 6.07) is 2.57. The Kier molecular flexibility index (Phi) is 4.56. The van der Waals surface area contributed by atoms with Crippen molar-refractivity contribution in [2.45, 2.75) is 19.4 Å². The molecule has 5 amide bonds. The molecular formula is C18H19N5O7. The number of nitrogens with one attached hydrogen (secondary N) is 2. The third-order valence-corrected chi connectivity index (χ3v) is 5.79. The zero-order valence-electron chi connectivity index (χ0n) is 16.0. The van der Waals surface area contributed by atoms with Gasteiger partial charge in [-0.2, -0.15) is 0 Å². The number of ether oxygens (including phenoxy) is 1. The third kappa shape index (κ3) is 2.83. The van der Waals surface area contributed by atoms with Crippen LogP contribution in [0.5, 0.6) is 0 Å². The van der Waals surface area contributed by atoms with Crippen molar-refractivity contribution in [2.75, 3.05) is 31.1 Å². The van der Waals surface area contributed by atoms with Crippen LogP contribution in [-0.4, -0.2) is 66.0 Å². The first-order chi connectivity index (χ1) is 14.3. The molecule has 4 rings (SSSR count). The number of benzene rings is 1. The summed E-state index contributed by atoms with van der Waals surface area (Å²) < 4.78 is 5.06. The fourth-order valence-corrected chi connectivity index (χ4v) is 4.43. The molecule has 1 aromatic rings. The molecule has 0 aromatic heterocycles. The molecule has 0 bridgehead atoms. The van der Waals surface area contributed by atoms with E-state index >= 15 is 0 Å². The highest BCUT2D eigenvalue weighted by molar-refractivity contribution is 6.20. The number of imide groups is 2. The summed E-state index contributed by atoms with van der Waals surface area (Å²) in [5.74, 6) is -1.59. The van der Waals surface area contributed by atoms with Crippen LogP contribution in [0.3, 0.4) is 0 Å². The van der Waals surface area contributed by atoms with Gasteiger partial charge in [-0.3, -0.25) is 30.3 Å². The summed E-state index contributed by atoms with van der Waals surface area (Å²) in [4.78, 5) is 63.8. The maximum atomic E-state index is 13.0. The van der Waals surface area contributed by atoms with Crippen molar-refractivity contribution < 1.29 is 28.8 Å². The predicted molar refractivity (Wildman–Crippen MR) is 101 cm³/mol. The number of urea groups is 1. The van der Waals surface area contributed by atoms with Crippen LogP contribution in [0.15, 0.2) is 18.2 Å². The van der Waals surface area contributed by atoms with Gasteiger partial charge in [-0.25, -0.2) is 9.59 Å². The molecule has 3 heterocycles. The lowest BCUT2D eigenvalue weighted by atomic mass is 9.68. The van der Waals surface area contributed by atoms with Gasteiger partial charge in [-0.1, -0.05) is 0 Å². The first-order valence-electron chi connectivity index (χ1n) is 9.40. The van der Waals surface area contributed by atoms with Crippen molar-refractivity contribution in [2.24, 2.45) is 5.41 Å². The van der Waals surface area contributed by atoms with E-state index < -0.39 is 40.3 Å². The Labute approximate surface area is 170 Å². The van der Waals surface area contributed by atoms with E-state index in [-0.39, 0.29) is 38.3 Å². The van der Waals surface area contributed by atoms with E-state index in [2.05, 4.69) is 10.6 Å². The fourth-order valence-electron chi connectivity index (χ4n) is 4.43. The molecule has 158 valence electrons. The van der Waals surface area contributed by atoms with E-state index in [1.165, 1.54) is 17.0 Å². The zero-order valence-corrected chi connectivity index (χ0v) is 16.0. The Morgan fingerprint density at radius 1 is 1.27 bits per heavy atom. The van der Waals surface area contributed by atoms with E-state index in [4.69, 9.17) is 4.74 Å². The topological polar surface area (TPSA) is 151 Å². The van der Waals surface area contributed by atoms with Crippen LogP contribution < -0.4 is 15.5 Å². The van der Waals surface area contributed by atoms with Gasteiger partial charge in [0.2, 0.25) is 11.8 Å². The minimum atomic E-state index is -1.73. The highest BCUT2D eigenvalue weighted by atomic mass is 16.6. The lowest BCUT2D eigenvalue weighted by Crippen LogP contribution is -2.75. The molecule has 12 heteroatoms. The number of anilines is 1. The van der Waals surface area contributed by atoms with Gasteiger partial charge in [0.25, 0.3) is 5.69 Å². The van der Waals surface area contributed by atoms with Crippen molar-refractivity contribution in [3.05, 3.63) is 33.9 Å². The summed E-state index contributed by atoms with van der Waals surface area (Å²) >= 11 is 0. The fraction of sp³-hybridized carbons (Fsp3) is 0.444. The molecule has 0 radical (unpaired) electrons. The van der Waals surface area contributed by atoms with Gasteiger partial charge in [0.05, 0.1) is 17.6 Å². The first kappa shape index (κ1) is 19.6. The number of rotatable bonds is 2. The molecule has 30 heavy (non-hydrogen) atoms. The molecule has 0 saturated carbocycles. The van der Waals surface area contributed by atoms with Crippen molar-refractivity contribution >= 4 is 35.3 Å². The summed E-state index contributed by atoms with van der Waals surface area (Å²) in [5, 5.41) is 15.5. The van der Waals surface area contributed by atoms with Crippen LogP contribution in [0.1, 0.15) is 12.5 Å². The molecule has 1 aromatic carbocycles. The summed E-state index contributed by atoms with van der Waals surface area (Å²) in [6.07, 6.45) is -0.707. The normalized spacial score (nSPS) is 22.0. The molecule has 12 nitrogen and oxygen atoms in total. The number of nitro groups is 1. The number of carbonyl (C=O) groups is 4. The lowest BCUT2D eigenvalue weighted by molar-refractivity contribution is -0.384. The summed E-state index contributed by atoms with van der Waals surface area (Å²) in [7, 11) is 0. The maximum absolute atomic E-state index is 13.0. The number of hydrogen-bond acceptors (Lipinski definition) is 8. The smallest absolute Gasteiger partial charge is 0.409 e. The Morgan fingerprint density at radius 2 is 1.97 bits per heavy atom. The third-order valence-electron chi connectivity index (χ3n) is 5.79. The van der Waals surface area contributed by atoms with E-state index in [9.17, 15) is 29.3 Å². The van der Waals surface area contributed by atoms with Gasteiger partial charge in [0.15, 0.2) is 5.41 Å². The van der Waals surface area contributed by atoms with Crippen LogP contribution in [0.2, 0.25) is 0 Å². The van der Waals surface area contributed by atoms with Gasteiger partial charge >= 0.3 is 12.1 Å². The van der Waals surface area contributed by atoms with Crippen LogP contribution in [0, 0.1) is 15.5 Å². The monoisotopic (exact) mass is 417 g/mol. The van der Waals surface area contributed by atoms with Gasteiger partial charge in [0.1, 0.15) is 0 Å². The second-order valence-corrected chi connectivity index (χ2v) is 7.31. The number of non-ortho nitro benzene ring substituents is 1. The number of piperazine rings is 1. The number of carbonyl (C=O) groups excluding carboxylic acids is 4. The Bertz CT molecular complexity index is 958. The number of nitrogens with zero attached hydrogens (tertiary/aromatic N) is 3. The van der Waals surface area contributed by atoms with Crippen molar-refractivity contribution in [3.8, 4) is 0 Å². The SMILES string of the molecule is CCOC(=O)N1CCN2c3ccc([N+](=O)[O-])cc3CC3(C(=O)NC(=O)NC3=O)C2C1. The van der Waals surface area contributed by atoms with Gasteiger partial charge in [0, 0.05) is 43.9 Å². The molecule has 3 aliphatic heterocycles. The standard InChI is InChI=1S/C18H19N5O7/c1-2-30-17(27)21-5-6-22-12-4-3-11(23(28)29)7-10(12)8-18(13(22)9-21)14(24)19-16(26)20-15(18)25/h3-4,7,13H,2,5-6,8-9H2,1H3,(H2,19,20,24,25,26). The van der Waals surface area contributed by atoms with E-state index in [1.54, 1.807) is 17.9 Å². The largest absolute Gasteiger partial charge is 0.450 e. The number of amides is 5. The van der Waals surface area contributed by atoms with Gasteiger partial charge < -0.3 is 14.5 Å². The molecule has 2 N–H and O–H groups in total. The van der Waals surface area contributed by atoms with Gasteiger partial charge in [-0.05, 0) is 18.6 Å². The first-order valence-corrected chi connectivity index (χ1v) is 9.40. The number of barbiturate groups is 1. The molecule has 1 atom stereocenters. The minimum Gasteiger partial charge on any atom is -0.450 e. The molecule has 3 aliphatic rings. The van der Waals surface area contributed by atoms with E-state index in [0.717, 1.165) is 0 Å². The highest BCUT2D eigenvalue weighted by Gasteiger charge is 2.61. The molecule has 2 saturated heterocycles. The molecule has 1 unspecified atom stereocenters. The van der Waals surface area contributed by atoms with Crippen molar-refractivity contribution in [1.29, 1.82) is 0 Å². The number of hydrogen-bond donors (Lipinski definition) is 2. The average Bonchev–Trinajstić information content (AvgIpc) is 2.71. The Morgan fingerprint density at radius 3 is 2.60 bits per heavy atom. The second kappa shape index (κ2) is 6.97. The number of nitro benzene ring substituents is 1. The van der Waals surface area contributed by atoms with Crippen LogP contribution in [0.4, 0.5) is 21.0 Å². The maximum Gasteiger partial charge on any atom is 0.409 e. The van der Waals surface area contributed by atoms with Crippen molar-refractivity contribution in [3.63, 3.8) is 0 Å².